The molecule has 0 radical (unpaired) electrons. The van der Waals surface area contributed by atoms with E-state index in [1.54, 1.807) is 12.1 Å². The first-order valence-corrected chi connectivity index (χ1v) is 10.3. The van der Waals surface area contributed by atoms with E-state index in [4.69, 9.17) is 4.74 Å². The molecule has 0 spiro atoms. The Morgan fingerprint density at radius 1 is 1.11 bits per heavy atom. The van der Waals surface area contributed by atoms with Gasteiger partial charge < -0.3 is 9.64 Å². The van der Waals surface area contributed by atoms with Crippen LogP contribution in [0.25, 0.3) is 0 Å². The maximum atomic E-state index is 13.1. The fourth-order valence-electron chi connectivity index (χ4n) is 3.10. The van der Waals surface area contributed by atoms with Crippen molar-refractivity contribution in [2.24, 2.45) is 0 Å². The molecule has 2 aromatic carbocycles. The van der Waals surface area contributed by atoms with E-state index in [2.05, 4.69) is 0 Å². The van der Waals surface area contributed by atoms with Crippen molar-refractivity contribution in [3.8, 4) is 0 Å². The van der Waals surface area contributed by atoms with Crippen LogP contribution in [0.3, 0.4) is 0 Å². The van der Waals surface area contributed by atoms with Crippen LogP contribution in [-0.4, -0.2) is 48.8 Å². The number of hydrogen-bond donors (Lipinski definition) is 0. The molecule has 1 atom stereocenters. The van der Waals surface area contributed by atoms with Crippen LogP contribution in [-0.2, 0) is 26.1 Å². The van der Waals surface area contributed by atoms with Gasteiger partial charge in [-0.15, -0.1) is 0 Å². The van der Waals surface area contributed by atoms with Gasteiger partial charge in [-0.3, -0.25) is 4.79 Å². The number of hydrogen-bond acceptors (Lipinski definition) is 5. The molecular formula is C20H22N2O5S. The van der Waals surface area contributed by atoms with Gasteiger partial charge in [0.1, 0.15) is 12.6 Å². The number of nitrogens with zero attached hydrogens (tertiary/aromatic N) is 2. The van der Waals surface area contributed by atoms with Gasteiger partial charge in [0.15, 0.2) is 0 Å². The van der Waals surface area contributed by atoms with E-state index in [1.165, 1.54) is 24.0 Å². The zero-order chi connectivity index (χ0) is 20.3. The molecular weight excluding hydrogens is 380 g/mol. The summed E-state index contributed by atoms with van der Waals surface area (Å²) in [6.07, 6.45) is 0. The number of urea groups is 1. The van der Waals surface area contributed by atoms with E-state index in [0.717, 1.165) is 15.4 Å². The maximum Gasteiger partial charge on any atom is 0.334 e. The first-order chi connectivity index (χ1) is 13.3. The Kier molecular flexibility index (Phi) is 5.69. The van der Waals surface area contributed by atoms with Crippen molar-refractivity contribution in [2.75, 3.05) is 13.2 Å². The summed E-state index contributed by atoms with van der Waals surface area (Å²) in [6.45, 7) is 3.33. The van der Waals surface area contributed by atoms with E-state index < -0.39 is 28.1 Å². The molecule has 28 heavy (non-hydrogen) atoms. The number of rotatable bonds is 6. The van der Waals surface area contributed by atoms with E-state index in [-0.39, 0.29) is 24.6 Å². The lowest BCUT2D eigenvalue weighted by atomic mass is 10.2. The van der Waals surface area contributed by atoms with E-state index in [1.807, 2.05) is 37.3 Å². The second-order valence-electron chi connectivity index (χ2n) is 6.72. The Bertz CT molecular complexity index is 958. The molecule has 1 fully saturated rings. The van der Waals surface area contributed by atoms with Crippen molar-refractivity contribution in [1.29, 1.82) is 0 Å². The van der Waals surface area contributed by atoms with E-state index in [9.17, 15) is 18.0 Å². The van der Waals surface area contributed by atoms with Crippen LogP contribution in [0.4, 0.5) is 4.79 Å². The Labute approximate surface area is 164 Å². The molecule has 1 heterocycles. The second kappa shape index (κ2) is 8.02. The van der Waals surface area contributed by atoms with Gasteiger partial charge in [-0.2, -0.15) is 0 Å². The molecule has 0 aliphatic carbocycles. The second-order valence-corrected chi connectivity index (χ2v) is 8.53. The topological polar surface area (TPSA) is 84.0 Å². The lowest BCUT2D eigenvalue weighted by Crippen LogP contribution is -2.42. The molecule has 7 nitrogen and oxygen atoms in total. The summed E-state index contributed by atoms with van der Waals surface area (Å²) in [7, 11) is -4.08. The number of ether oxygens (including phenoxy) is 1. The third-order valence-electron chi connectivity index (χ3n) is 4.49. The van der Waals surface area contributed by atoms with Crippen LogP contribution in [0.15, 0.2) is 59.5 Å². The number of sulfonamides is 1. The van der Waals surface area contributed by atoms with Crippen LogP contribution in [0, 0.1) is 6.92 Å². The normalized spacial score (nSPS) is 17.1. The molecule has 2 amide bonds. The van der Waals surface area contributed by atoms with Crippen molar-refractivity contribution in [1.82, 2.24) is 9.21 Å². The minimum absolute atomic E-state index is 0.0286. The van der Waals surface area contributed by atoms with Crippen LogP contribution >= 0.6 is 0 Å². The predicted octanol–water partition coefficient (Wildman–Crippen LogP) is 2.55. The number of aryl methyl sites for hydroxylation is 1. The Hall–Kier alpha value is -2.87. The number of benzene rings is 2. The molecule has 0 unspecified atom stereocenters. The number of carbonyl (C=O) groups is 2. The van der Waals surface area contributed by atoms with Crippen LogP contribution < -0.4 is 0 Å². The summed E-state index contributed by atoms with van der Waals surface area (Å²) in [5.41, 5.74) is 1.80. The summed E-state index contributed by atoms with van der Waals surface area (Å²) in [5, 5.41) is 0. The predicted molar refractivity (Wildman–Crippen MR) is 103 cm³/mol. The molecule has 8 heteroatoms. The molecule has 0 aromatic heterocycles. The van der Waals surface area contributed by atoms with Gasteiger partial charge in [0.25, 0.3) is 10.0 Å². The summed E-state index contributed by atoms with van der Waals surface area (Å²) in [6, 6.07) is 14.2. The van der Waals surface area contributed by atoms with Gasteiger partial charge in [0, 0.05) is 20.0 Å². The maximum absolute atomic E-state index is 13.1. The monoisotopic (exact) mass is 402 g/mol. The van der Waals surface area contributed by atoms with Gasteiger partial charge in [0.05, 0.1) is 4.90 Å². The van der Waals surface area contributed by atoms with E-state index >= 15 is 0 Å². The molecule has 0 N–H and O–H groups in total. The van der Waals surface area contributed by atoms with Crippen molar-refractivity contribution in [2.45, 2.75) is 31.3 Å². The highest BCUT2D eigenvalue weighted by Gasteiger charge is 2.45. The van der Waals surface area contributed by atoms with E-state index in [0.29, 0.717) is 0 Å². The minimum Gasteiger partial charge on any atom is -0.464 e. The van der Waals surface area contributed by atoms with Gasteiger partial charge in [-0.1, -0.05) is 48.0 Å². The fraction of sp³-hybridized carbons (Fsp3) is 0.300. The van der Waals surface area contributed by atoms with Crippen molar-refractivity contribution >= 4 is 22.0 Å². The number of amides is 2. The SMILES string of the molecule is CC(=O)OC[C@@H]1CN(Cc2ccccc2)C(=O)N1S(=O)(=O)c1ccc(C)cc1. The first kappa shape index (κ1) is 19.9. The molecule has 2 aromatic rings. The standard InChI is InChI=1S/C20H22N2O5S/c1-15-8-10-19(11-9-15)28(25,26)22-18(14-27-16(2)23)13-21(20(22)24)12-17-6-4-3-5-7-17/h3-11,18H,12-14H2,1-2H3/t18-/m0/s1. The molecule has 1 aliphatic heterocycles. The van der Waals surface area contributed by atoms with Gasteiger partial charge in [0.2, 0.25) is 0 Å². The van der Waals surface area contributed by atoms with Crippen LogP contribution in [0.5, 0.6) is 0 Å². The largest absolute Gasteiger partial charge is 0.464 e. The highest BCUT2D eigenvalue weighted by atomic mass is 32.2. The number of carbonyl (C=O) groups excluding carboxylic acids is 2. The molecule has 0 bridgehead atoms. The quantitative estimate of drug-likeness (QED) is 0.694. The summed E-state index contributed by atoms with van der Waals surface area (Å²) in [5.74, 6) is -0.526. The molecule has 148 valence electrons. The fourth-order valence-corrected chi connectivity index (χ4v) is 4.64. The number of esters is 1. The molecule has 1 aliphatic rings. The highest BCUT2D eigenvalue weighted by molar-refractivity contribution is 7.89. The molecule has 1 saturated heterocycles. The lowest BCUT2D eigenvalue weighted by molar-refractivity contribution is -0.141. The third-order valence-corrected chi connectivity index (χ3v) is 6.33. The zero-order valence-electron chi connectivity index (χ0n) is 15.7. The van der Waals surface area contributed by atoms with Gasteiger partial charge >= 0.3 is 12.0 Å². The van der Waals surface area contributed by atoms with Crippen molar-refractivity contribution in [3.63, 3.8) is 0 Å². The smallest absolute Gasteiger partial charge is 0.334 e. The summed E-state index contributed by atoms with van der Waals surface area (Å²) >= 11 is 0. The average molecular weight is 402 g/mol. The van der Waals surface area contributed by atoms with Crippen LogP contribution in [0.1, 0.15) is 18.1 Å². The molecule has 0 saturated carbocycles. The first-order valence-electron chi connectivity index (χ1n) is 8.86. The minimum atomic E-state index is -4.08. The Morgan fingerprint density at radius 2 is 1.75 bits per heavy atom. The average Bonchev–Trinajstić information content (AvgIpc) is 2.97. The Morgan fingerprint density at radius 3 is 2.36 bits per heavy atom. The van der Waals surface area contributed by atoms with Crippen molar-refractivity contribution < 1.29 is 22.7 Å². The van der Waals surface area contributed by atoms with Gasteiger partial charge in [-0.05, 0) is 24.6 Å². The third kappa shape index (κ3) is 4.17. The zero-order valence-corrected chi connectivity index (χ0v) is 16.6. The Balaban J connectivity index is 1.91. The van der Waals surface area contributed by atoms with Gasteiger partial charge in [-0.25, -0.2) is 17.5 Å². The summed E-state index contributed by atoms with van der Waals surface area (Å²) in [4.78, 5) is 25.7. The molecule has 3 rings (SSSR count). The van der Waals surface area contributed by atoms with Crippen LogP contribution in [0.2, 0.25) is 0 Å². The highest BCUT2D eigenvalue weighted by Crippen LogP contribution is 2.27. The summed E-state index contributed by atoms with van der Waals surface area (Å²) < 4.78 is 32.2. The van der Waals surface area contributed by atoms with Crippen molar-refractivity contribution in [3.05, 3.63) is 65.7 Å². The lowest BCUT2D eigenvalue weighted by Gasteiger charge is -2.22.